The van der Waals surface area contributed by atoms with Gasteiger partial charge in [-0.25, -0.2) is 0 Å². The Morgan fingerprint density at radius 2 is 2.10 bits per heavy atom. The summed E-state index contributed by atoms with van der Waals surface area (Å²) in [4.78, 5) is 11.7. The lowest BCUT2D eigenvalue weighted by atomic mass is 10.2. The number of hydrogen-bond acceptors (Lipinski definition) is 3. The van der Waals surface area contributed by atoms with E-state index >= 15 is 0 Å². The van der Waals surface area contributed by atoms with Crippen molar-refractivity contribution in [3.63, 3.8) is 0 Å². The standard InChI is InChI=1S/C14H12Cl2N2O3/c15-11-5-4-10(12(16)7-11)8-17-13(19)9-21-14-3-1-2-6-18(14)20/h1-7H,8-9H2,(H,17,19). The fourth-order valence-corrected chi connectivity index (χ4v) is 2.05. The maximum absolute atomic E-state index is 11.7. The number of nitrogens with zero attached hydrogens (tertiary/aromatic N) is 1. The van der Waals surface area contributed by atoms with Crippen LogP contribution < -0.4 is 14.8 Å². The average molecular weight is 327 g/mol. The van der Waals surface area contributed by atoms with Crippen molar-refractivity contribution in [2.24, 2.45) is 0 Å². The Balaban J connectivity index is 1.84. The molecule has 1 amide bonds. The van der Waals surface area contributed by atoms with Gasteiger partial charge >= 0.3 is 5.88 Å². The predicted octanol–water partition coefficient (Wildman–Crippen LogP) is 2.32. The van der Waals surface area contributed by atoms with Crippen LogP contribution in [0.15, 0.2) is 42.6 Å². The van der Waals surface area contributed by atoms with Crippen molar-refractivity contribution in [3.8, 4) is 5.88 Å². The molecular weight excluding hydrogens is 315 g/mol. The molecular formula is C14H12Cl2N2O3. The van der Waals surface area contributed by atoms with Gasteiger partial charge in [0.25, 0.3) is 5.91 Å². The summed E-state index contributed by atoms with van der Waals surface area (Å²) >= 11 is 11.8. The van der Waals surface area contributed by atoms with E-state index < -0.39 is 0 Å². The first-order valence-corrected chi connectivity index (χ1v) is 6.83. The van der Waals surface area contributed by atoms with Crippen molar-refractivity contribution in [2.45, 2.75) is 6.54 Å². The zero-order chi connectivity index (χ0) is 15.2. The van der Waals surface area contributed by atoms with Crippen LogP contribution >= 0.6 is 23.2 Å². The Labute approximate surface area is 131 Å². The lowest BCUT2D eigenvalue weighted by Crippen LogP contribution is -2.33. The highest BCUT2D eigenvalue weighted by atomic mass is 35.5. The van der Waals surface area contributed by atoms with Gasteiger partial charge in [0.15, 0.2) is 12.8 Å². The van der Waals surface area contributed by atoms with E-state index in [2.05, 4.69) is 5.32 Å². The van der Waals surface area contributed by atoms with Gasteiger partial charge in [-0.15, -0.1) is 4.73 Å². The number of nitrogens with one attached hydrogen (secondary N) is 1. The van der Waals surface area contributed by atoms with E-state index in [0.29, 0.717) is 14.8 Å². The molecule has 110 valence electrons. The highest BCUT2D eigenvalue weighted by Gasteiger charge is 2.09. The largest absolute Gasteiger partial charge is 0.616 e. The quantitative estimate of drug-likeness (QED) is 0.677. The first-order valence-electron chi connectivity index (χ1n) is 6.08. The number of rotatable bonds is 5. The van der Waals surface area contributed by atoms with E-state index in [1.807, 2.05) is 0 Å². The molecule has 0 atom stereocenters. The molecule has 1 heterocycles. The maximum Gasteiger partial charge on any atom is 0.379 e. The third-order valence-corrected chi connectivity index (χ3v) is 3.22. The molecule has 2 rings (SSSR count). The molecule has 0 unspecified atom stereocenters. The molecule has 7 heteroatoms. The summed E-state index contributed by atoms with van der Waals surface area (Å²) < 4.78 is 5.67. The lowest BCUT2D eigenvalue weighted by Gasteiger charge is -2.08. The van der Waals surface area contributed by atoms with Gasteiger partial charge in [-0.05, 0) is 23.8 Å². The Morgan fingerprint density at radius 3 is 2.81 bits per heavy atom. The van der Waals surface area contributed by atoms with E-state index in [9.17, 15) is 10.0 Å². The summed E-state index contributed by atoms with van der Waals surface area (Å²) in [6.45, 7) is 0.00181. The molecule has 0 bridgehead atoms. The third-order valence-electron chi connectivity index (χ3n) is 2.63. The predicted molar refractivity (Wildman–Crippen MR) is 79.2 cm³/mol. The topological polar surface area (TPSA) is 65.3 Å². The minimum Gasteiger partial charge on any atom is -0.616 e. The molecule has 0 aliphatic carbocycles. The second-order valence-corrected chi connectivity index (χ2v) is 5.01. The molecule has 0 aliphatic rings. The second kappa shape index (κ2) is 7.15. The van der Waals surface area contributed by atoms with Crippen molar-refractivity contribution in [1.82, 2.24) is 5.32 Å². The van der Waals surface area contributed by atoms with Crippen molar-refractivity contribution < 1.29 is 14.3 Å². The van der Waals surface area contributed by atoms with Crippen molar-refractivity contribution in [2.75, 3.05) is 6.61 Å². The van der Waals surface area contributed by atoms with Gasteiger partial charge in [-0.2, -0.15) is 0 Å². The lowest BCUT2D eigenvalue weighted by molar-refractivity contribution is -0.612. The minimum absolute atomic E-state index is 0.0668. The Morgan fingerprint density at radius 1 is 1.29 bits per heavy atom. The van der Waals surface area contributed by atoms with Gasteiger partial charge in [0.05, 0.1) is 6.07 Å². The SMILES string of the molecule is O=C(COc1cccc[n+]1[O-])NCc1ccc(Cl)cc1Cl. The monoisotopic (exact) mass is 326 g/mol. The minimum atomic E-state index is -0.357. The van der Waals surface area contributed by atoms with Crippen LogP contribution in [0.1, 0.15) is 5.56 Å². The number of benzene rings is 1. The van der Waals surface area contributed by atoms with E-state index in [1.165, 1.54) is 12.3 Å². The van der Waals surface area contributed by atoms with Gasteiger partial charge in [-0.1, -0.05) is 29.3 Å². The summed E-state index contributed by atoms with van der Waals surface area (Å²) in [7, 11) is 0. The molecule has 0 fully saturated rings. The molecule has 21 heavy (non-hydrogen) atoms. The van der Waals surface area contributed by atoms with Crippen molar-refractivity contribution in [1.29, 1.82) is 0 Å². The summed E-state index contributed by atoms with van der Waals surface area (Å²) in [5, 5.41) is 15.0. The molecule has 0 saturated carbocycles. The molecule has 1 N–H and O–H groups in total. The van der Waals surface area contributed by atoms with E-state index in [-0.39, 0.29) is 24.9 Å². The third kappa shape index (κ3) is 4.51. The van der Waals surface area contributed by atoms with Crippen LogP contribution in [0.4, 0.5) is 0 Å². The van der Waals surface area contributed by atoms with Crippen LogP contribution in [0.3, 0.4) is 0 Å². The number of amides is 1. The van der Waals surface area contributed by atoms with Crippen LogP contribution in [0.5, 0.6) is 5.88 Å². The van der Waals surface area contributed by atoms with E-state index in [0.717, 1.165) is 5.56 Å². The Bertz CT molecular complexity index is 650. The zero-order valence-corrected chi connectivity index (χ0v) is 12.4. The molecule has 0 radical (unpaired) electrons. The van der Waals surface area contributed by atoms with Gasteiger partial charge in [-0.3, -0.25) is 4.79 Å². The Hall–Kier alpha value is -1.98. The Kier molecular flexibility index (Phi) is 5.25. The summed E-state index contributed by atoms with van der Waals surface area (Å²) in [5.74, 6) is -0.290. The van der Waals surface area contributed by atoms with Crippen LogP contribution in [-0.4, -0.2) is 12.5 Å². The number of carbonyl (C=O) groups excluding carboxylic acids is 1. The van der Waals surface area contributed by atoms with Crippen LogP contribution in [0, 0.1) is 5.21 Å². The molecule has 1 aromatic carbocycles. The van der Waals surface area contributed by atoms with Crippen molar-refractivity contribution >= 4 is 29.1 Å². The summed E-state index contributed by atoms with van der Waals surface area (Å²) in [5.41, 5.74) is 0.744. The van der Waals surface area contributed by atoms with Gasteiger partial charge < -0.3 is 15.3 Å². The van der Waals surface area contributed by atoms with E-state index in [4.69, 9.17) is 27.9 Å². The highest BCUT2D eigenvalue weighted by molar-refractivity contribution is 6.35. The van der Waals surface area contributed by atoms with Gasteiger partial charge in [0.2, 0.25) is 0 Å². The van der Waals surface area contributed by atoms with Crippen LogP contribution in [0.2, 0.25) is 10.0 Å². The fourth-order valence-electron chi connectivity index (χ4n) is 1.57. The first kappa shape index (κ1) is 15.4. The molecule has 0 saturated heterocycles. The highest BCUT2D eigenvalue weighted by Crippen LogP contribution is 2.20. The number of halogens is 2. The molecule has 2 aromatic rings. The number of aromatic nitrogens is 1. The first-order chi connectivity index (χ1) is 10.1. The molecule has 1 aromatic heterocycles. The van der Waals surface area contributed by atoms with Gasteiger partial charge in [0, 0.05) is 22.7 Å². The molecule has 0 aliphatic heterocycles. The number of pyridine rings is 1. The number of ether oxygens (including phenoxy) is 1. The van der Waals surface area contributed by atoms with Crippen LogP contribution in [0.25, 0.3) is 0 Å². The summed E-state index contributed by atoms with van der Waals surface area (Å²) in [6, 6.07) is 9.73. The zero-order valence-electron chi connectivity index (χ0n) is 10.9. The average Bonchev–Trinajstić information content (AvgIpc) is 2.45. The molecule has 5 nitrogen and oxygen atoms in total. The smallest absolute Gasteiger partial charge is 0.379 e. The molecule has 0 spiro atoms. The number of hydrogen-bond donors (Lipinski definition) is 1. The normalized spacial score (nSPS) is 10.2. The maximum atomic E-state index is 11.7. The second-order valence-electron chi connectivity index (χ2n) is 4.17. The van der Waals surface area contributed by atoms with Crippen molar-refractivity contribution in [3.05, 3.63) is 63.4 Å². The summed E-state index contributed by atoms with van der Waals surface area (Å²) in [6.07, 6.45) is 1.29. The van der Waals surface area contributed by atoms with E-state index in [1.54, 1.807) is 30.3 Å². The van der Waals surface area contributed by atoms with Crippen LogP contribution in [-0.2, 0) is 11.3 Å². The fraction of sp³-hybridized carbons (Fsp3) is 0.143. The van der Waals surface area contributed by atoms with Gasteiger partial charge in [0.1, 0.15) is 0 Å². The number of carbonyl (C=O) groups is 1.